The maximum Gasteiger partial charge on any atom is 0.222 e. The van der Waals surface area contributed by atoms with E-state index < -0.39 is 0 Å². The van der Waals surface area contributed by atoms with Crippen LogP contribution in [0.3, 0.4) is 0 Å². The van der Waals surface area contributed by atoms with Crippen molar-refractivity contribution < 1.29 is 9.53 Å². The topological polar surface area (TPSA) is 45.7 Å². The van der Waals surface area contributed by atoms with Crippen LogP contribution in [-0.4, -0.2) is 65.6 Å². The van der Waals surface area contributed by atoms with Gasteiger partial charge in [0.2, 0.25) is 5.91 Å². The molecule has 2 aromatic rings. The van der Waals surface area contributed by atoms with Crippen LogP contribution in [0, 0.1) is 5.92 Å². The number of piperidine rings is 1. The van der Waals surface area contributed by atoms with Gasteiger partial charge in [-0.25, -0.2) is 0 Å². The van der Waals surface area contributed by atoms with Gasteiger partial charge in [0.15, 0.2) is 0 Å². The van der Waals surface area contributed by atoms with E-state index in [0.717, 1.165) is 57.6 Å². The second-order valence-corrected chi connectivity index (χ2v) is 10.1. The largest absolute Gasteiger partial charge is 0.376 e. The van der Waals surface area contributed by atoms with Crippen LogP contribution in [0.25, 0.3) is 0 Å². The highest BCUT2D eigenvalue weighted by atomic mass is 16.5. The molecule has 2 saturated heterocycles. The van der Waals surface area contributed by atoms with Gasteiger partial charge in [0.25, 0.3) is 0 Å². The van der Waals surface area contributed by atoms with Gasteiger partial charge in [-0.1, -0.05) is 30.3 Å². The molecule has 1 amide bonds. The van der Waals surface area contributed by atoms with E-state index in [4.69, 9.17) is 4.74 Å². The molecule has 5 nitrogen and oxygen atoms in total. The number of hydrogen-bond acceptors (Lipinski definition) is 4. The molecule has 1 atom stereocenters. The molecule has 3 heterocycles. The number of fused-ring (bicyclic) bond motifs is 1. The summed E-state index contributed by atoms with van der Waals surface area (Å²) in [5.41, 5.74) is 4.20. The minimum atomic E-state index is 0.212. The van der Waals surface area contributed by atoms with Crippen molar-refractivity contribution >= 4 is 5.91 Å². The second-order valence-electron chi connectivity index (χ2n) is 10.1. The van der Waals surface area contributed by atoms with E-state index in [1.807, 2.05) is 12.3 Å². The fraction of sp³-hybridized carbons (Fsp3) is 0.571. The highest BCUT2D eigenvalue weighted by Crippen LogP contribution is 2.29. The van der Waals surface area contributed by atoms with Gasteiger partial charge in [0, 0.05) is 44.6 Å². The highest BCUT2D eigenvalue weighted by molar-refractivity contribution is 5.76. The molecule has 176 valence electrons. The lowest BCUT2D eigenvalue weighted by atomic mass is 9.94. The molecule has 3 aliphatic rings. The van der Waals surface area contributed by atoms with Gasteiger partial charge in [-0.2, -0.15) is 0 Å². The minimum Gasteiger partial charge on any atom is -0.376 e. The number of amides is 1. The van der Waals surface area contributed by atoms with Crippen LogP contribution in [0.2, 0.25) is 0 Å². The third kappa shape index (κ3) is 5.82. The quantitative estimate of drug-likeness (QED) is 0.616. The Hall–Kier alpha value is -2.24. The molecule has 33 heavy (non-hydrogen) atoms. The van der Waals surface area contributed by atoms with E-state index in [0.29, 0.717) is 18.4 Å². The lowest BCUT2D eigenvalue weighted by Gasteiger charge is -2.38. The SMILES string of the molecule is O=C(CCc1cccnc1)N(CC1CCN(C2Cc3ccccc3C2)CC1)C[C@@H]1CCCO1. The van der Waals surface area contributed by atoms with Gasteiger partial charge >= 0.3 is 0 Å². The third-order valence-electron chi connectivity index (χ3n) is 7.82. The average Bonchev–Trinajstić information content (AvgIpc) is 3.53. The summed E-state index contributed by atoms with van der Waals surface area (Å²) in [6, 6.07) is 13.6. The summed E-state index contributed by atoms with van der Waals surface area (Å²) in [6.45, 7) is 4.78. The van der Waals surface area contributed by atoms with Crippen LogP contribution in [0.4, 0.5) is 0 Å². The van der Waals surface area contributed by atoms with Crippen molar-refractivity contribution in [2.45, 2.75) is 63.5 Å². The van der Waals surface area contributed by atoms with Crippen molar-refractivity contribution in [3.05, 3.63) is 65.5 Å². The molecular formula is C28H37N3O2. The zero-order valence-corrected chi connectivity index (χ0v) is 19.7. The molecule has 2 fully saturated rings. The average molecular weight is 448 g/mol. The van der Waals surface area contributed by atoms with Gasteiger partial charge in [-0.3, -0.25) is 14.7 Å². The summed E-state index contributed by atoms with van der Waals surface area (Å²) in [5.74, 6) is 0.858. The normalized spacial score (nSPS) is 21.9. The van der Waals surface area contributed by atoms with Crippen molar-refractivity contribution in [3.63, 3.8) is 0 Å². The number of carbonyl (C=O) groups excluding carboxylic acids is 1. The molecule has 0 N–H and O–H groups in total. The van der Waals surface area contributed by atoms with Gasteiger partial charge < -0.3 is 9.64 Å². The van der Waals surface area contributed by atoms with Gasteiger partial charge in [-0.15, -0.1) is 0 Å². The molecular weight excluding hydrogens is 410 g/mol. The Labute approximate surface area is 198 Å². The Balaban J connectivity index is 1.14. The second kappa shape index (κ2) is 10.8. The first-order chi connectivity index (χ1) is 16.2. The molecule has 0 unspecified atom stereocenters. The number of carbonyl (C=O) groups is 1. The molecule has 1 aromatic carbocycles. The van der Waals surface area contributed by atoms with Crippen LogP contribution in [0.15, 0.2) is 48.8 Å². The number of likely N-dealkylation sites (tertiary alicyclic amines) is 1. The van der Waals surface area contributed by atoms with E-state index in [1.54, 1.807) is 6.20 Å². The monoisotopic (exact) mass is 447 g/mol. The summed E-state index contributed by atoms with van der Waals surface area (Å²) >= 11 is 0. The number of pyridine rings is 1. The van der Waals surface area contributed by atoms with Crippen molar-refractivity contribution in [2.24, 2.45) is 5.92 Å². The number of aryl methyl sites for hydroxylation is 1. The minimum absolute atomic E-state index is 0.212. The fourth-order valence-electron chi connectivity index (χ4n) is 5.87. The van der Waals surface area contributed by atoms with Crippen molar-refractivity contribution in [1.82, 2.24) is 14.8 Å². The Kier molecular flexibility index (Phi) is 7.37. The third-order valence-corrected chi connectivity index (χ3v) is 7.82. The summed E-state index contributed by atoms with van der Waals surface area (Å²) in [5, 5.41) is 0. The highest BCUT2D eigenvalue weighted by Gasteiger charge is 2.31. The predicted octanol–water partition coefficient (Wildman–Crippen LogP) is 3.90. The lowest BCUT2D eigenvalue weighted by molar-refractivity contribution is -0.133. The van der Waals surface area contributed by atoms with Gasteiger partial charge in [0.05, 0.1) is 6.10 Å². The molecule has 5 heteroatoms. The van der Waals surface area contributed by atoms with Crippen LogP contribution < -0.4 is 0 Å². The summed E-state index contributed by atoms with van der Waals surface area (Å²) in [7, 11) is 0. The van der Waals surface area contributed by atoms with E-state index in [2.05, 4.69) is 45.1 Å². The first kappa shape index (κ1) is 22.5. The van der Waals surface area contributed by atoms with Crippen molar-refractivity contribution in [1.29, 1.82) is 0 Å². The molecule has 0 spiro atoms. The number of aromatic nitrogens is 1. The molecule has 0 radical (unpaired) electrons. The van der Waals surface area contributed by atoms with Crippen LogP contribution >= 0.6 is 0 Å². The zero-order valence-electron chi connectivity index (χ0n) is 19.7. The Bertz CT molecular complexity index is 879. The van der Waals surface area contributed by atoms with Crippen LogP contribution in [0.1, 0.15) is 48.8 Å². The number of benzene rings is 1. The van der Waals surface area contributed by atoms with E-state index >= 15 is 0 Å². The maximum atomic E-state index is 13.2. The predicted molar refractivity (Wildman–Crippen MR) is 130 cm³/mol. The molecule has 0 saturated carbocycles. The Morgan fingerprint density at radius 1 is 1.03 bits per heavy atom. The van der Waals surface area contributed by atoms with E-state index in [9.17, 15) is 4.79 Å². The molecule has 0 bridgehead atoms. The summed E-state index contributed by atoms with van der Waals surface area (Å²) in [4.78, 5) is 22.2. The standard InChI is InChI=1S/C28H37N3O2/c32-28(10-9-22-5-3-13-29-19-22)31(21-27-8-4-16-33-27)20-23-11-14-30(15-12-23)26-17-24-6-1-2-7-25(24)18-26/h1-3,5-7,13,19,23,26-27H,4,8-12,14-18,20-21H2/t27-/m0/s1. The number of hydrogen-bond donors (Lipinski definition) is 0. The lowest BCUT2D eigenvalue weighted by Crippen LogP contribution is -2.46. The number of rotatable bonds is 8. The van der Waals surface area contributed by atoms with Crippen LogP contribution in [-0.2, 0) is 28.8 Å². The van der Waals surface area contributed by atoms with Gasteiger partial charge in [0.1, 0.15) is 0 Å². The van der Waals surface area contributed by atoms with Crippen molar-refractivity contribution in [3.8, 4) is 0 Å². The van der Waals surface area contributed by atoms with Crippen molar-refractivity contribution in [2.75, 3.05) is 32.8 Å². The Morgan fingerprint density at radius 3 is 2.48 bits per heavy atom. The molecule has 5 rings (SSSR count). The maximum absolute atomic E-state index is 13.2. The summed E-state index contributed by atoms with van der Waals surface area (Å²) in [6.07, 6.45) is 12.1. The fourth-order valence-corrected chi connectivity index (χ4v) is 5.87. The smallest absolute Gasteiger partial charge is 0.222 e. The molecule has 1 aromatic heterocycles. The first-order valence-electron chi connectivity index (χ1n) is 12.8. The Morgan fingerprint density at radius 2 is 1.82 bits per heavy atom. The first-order valence-corrected chi connectivity index (χ1v) is 12.8. The van der Waals surface area contributed by atoms with E-state index in [1.165, 1.54) is 36.8 Å². The van der Waals surface area contributed by atoms with Crippen LogP contribution in [0.5, 0.6) is 0 Å². The number of ether oxygens (including phenoxy) is 1. The van der Waals surface area contributed by atoms with Gasteiger partial charge in [-0.05, 0) is 86.7 Å². The summed E-state index contributed by atoms with van der Waals surface area (Å²) < 4.78 is 5.89. The number of nitrogens with zero attached hydrogens (tertiary/aromatic N) is 3. The van der Waals surface area contributed by atoms with E-state index in [-0.39, 0.29) is 12.0 Å². The zero-order chi connectivity index (χ0) is 22.5. The molecule has 1 aliphatic carbocycles. The molecule has 2 aliphatic heterocycles.